The molecule has 7 heteroatoms. The number of carbonyl (C=O) groups is 2. The molecular weight excluding hydrogens is 336 g/mol. The number of amides is 2. The number of carbonyl (C=O) groups excluding carboxylic acids is 2. The third kappa shape index (κ3) is 3.88. The van der Waals surface area contributed by atoms with Gasteiger partial charge in [0.05, 0.1) is 10.2 Å². The van der Waals surface area contributed by atoms with Crippen molar-refractivity contribution in [3.8, 4) is 5.13 Å². The Hall–Kier alpha value is -2.67. The van der Waals surface area contributed by atoms with Crippen LogP contribution in [0.25, 0.3) is 15.3 Å². The Bertz CT molecular complexity index is 899. The van der Waals surface area contributed by atoms with Gasteiger partial charge in [0.25, 0.3) is 11.8 Å². The summed E-state index contributed by atoms with van der Waals surface area (Å²) in [7, 11) is 0. The standard InChI is InChI=1S/C18H19N4O2S/c1-11(2)9-14(16(19)23)20-17(24)12-5-6-13-15(10-12)25-18(21-13)22-7-3-4-8-22/h3-8,10-11,14,19H,9H2,1-2H3,(H,20,24)/t14-/m0/s1. The zero-order valence-corrected chi connectivity index (χ0v) is 14.8. The number of benzene rings is 1. The van der Waals surface area contributed by atoms with Gasteiger partial charge in [0, 0.05) is 18.0 Å². The van der Waals surface area contributed by atoms with Crippen molar-refractivity contribution >= 4 is 33.4 Å². The van der Waals surface area contributed by atoms with Gasteiger partial charge in [0.15, 0.2) is 5.13 Å². The van der Waals surface area contributed by atoms with Crippen LogP contribution < -0.4 is 11.1 Å². The highest BCUT2D eigenvalue weighted by molar-refractivity contribution is 7.20. The molecule has 3 aromatic rings. The van der Waals surface area contributed by atoms with E-state index < -0.39 is 11.9 Å². The van der Waals surface area contributed by atoms with Crippen LogP contribution in [0.1, 0.15) is 30.6 Å². The van der Waals surface area contributed by atoms with Gasteiger partial charge in [-0.2, -0.15) is 0 Å². The van der Waals surface area contributed by atoms with E-state index in [1.165, 1.54) is 11.3 Å². The largest absolute Gasteiger partial charge is 0.340 e. The lowest BCUT2D eigenvalue weighted by Crippen LogP contribution is -2.42. The van der Waals surface area contributed by atoms with Crippen LogP contribution in [0.15, 0.2) is 42.7 Å². The summed E-state index contributed by atoms with van der Waals surface area (Å²) in [6.07, 6.45) is 4.29. The van der Waals surface area contributed by atoms with E-state index in [1.54, 1.807) is 18.2 Å². The Morgan fingerprint density at radius 2 is 2.00 bits per heavy atom. The topological polar surface area (TPSA) is 87.8 Å². The minimum Gasteiger partial charge on any atom is -0.340 e. The number of hydrogen-bond acceptors (Lipinski definition) is 4. The quantitative estimate of drug-likeness (QED) is 0.737. The first-order valence-corrected chi connectivity index (χ1v) is 8.86. The first-order chi connectivity index (χ1) is 11.9. The summed E-state index contributed by atoms with van der Waals surface area (Å²) in [5.41, 5.74) is 8.62. The molecule has 0 aliphatic heterocycles. The number of aromatic nitrogens is 2. The lowest BCUT2D eigenvalue weighted by atomic mass is 10.0. The molecule has 2 heterocycles. The molecule has 0 spiro atoms. The molecule has 1 radical (unpaired) electrons. The number of hydrogen-bond donors (Lipinski definition) is 1. The predicted molar refractivity (Wildman–Crippen MR) is 97.8 cm³/mol. The highest BCUT2D eigenvalue weighted by atomic mass is 32.1. The van der Waals surface area contributed by atoms with Gasteiger partial charge < -0.3 is 9.88 Å². The average Bonchev–Trinajstić information content (AvgIpc) is 3.21. The molecule has 0 bridgehead atoms. The molecule has 0 saturated heterocycles. The van der Waals surface area contributed by atoms with Crippen molar-refractivity contribution in [1.29, 1.82) is 0 Å². The second-order valence-corrected chi connectivity index (χ2v) is 7.30. The maximum absolute atomic E-state index is 12.5. The molecule has 1 atom stereocenters. The van der Waals surface area contributed by atoms with Gasteiger partial charge in [-0.05, 0) is 42.7 Å². The van der Waals surface area contributed by atoms with Gasteiger partial charge in [-0.15, -0.1) is 0 Å². The molecule has 0 aliphatic rings. The van der Waals surface area contributed by atoms with E-state index in [4.69, 9.17) is 5.73 Å². The van der Waals surface area contributed by atoms with Gasteiger partial charge >= 0.3 is 0 Å². The lowest BCUT2D eigenvalue weighted by Gasteiger charge is -2.16. The monoisotopic (exact) mass is 355 g/mol. The van der Waals surface area contributed by atoms with Crippen LogP contribution in [0.2, 0.25) is 0 Å². The van der Waals surface area contributed by atoms with Gasteiger partial charge in [-0.1, -0.05) is 25.2 Å². The first kappa shape index (κ1) is 17.2. The molecule has 25 heavy (non-hydrogen) atoms. The zero-order chi connectivity index (χ0) is 18.0. The number of rotatable bonds is 6. The highest BCUT2D eigenvalue weighted by Gasteiger charge is 2.21. The number of fused-ring (bicyclic) bond motifs is 1. The SMILES string of the molecule is CC(C)C[C@H](NC(=O)c1ccc2nc(-n3cccc3)sc2c1)C([NH])=O. The number of thiazole rings is 1. The average molecular weight is 355 g/mol. The summed E-state index contributed by atoms with van der Waals surface area (Å²) in [5.74, 6) is -0.896. The first-order valence-electron chi connectivity index (χ1n) is 8.04. The fraction of sp³-hybridized carbons (Fsp3) is 0.278. The number of nitrogens with zero attached hydrogens (tertiary/aromatic N) is 2. The number of nitrogens with one attached hydrogen (secondary N) is 2. The van der Waals surface area contributed by atoms with Crippen molar-refractivity contribution in [3.05, 3.63) is 48.3 Å². The van der Waals surface area contributed by atoms with Crippen LogP contribution >= 0.6 is 11.3 Å². The Morgan fingerprint density at radius 1 is 1.28 bits per heavy atom. The van der Waals surface area contributed by atoms with Crippen molar-refractivity contribution < 1.29 is 9.59 Å². The molecule has 2 amide bonds. The predicted octanol–water partition coefficient (Wildman–Crippen LogP) is 3.04. The molecule has 2 aromatic heterocycles. The van der Waals surface area contributed by atoms with E-state index in [9.17, 15) is 9.59 Å². The van der Waals surface area contributed by atoms with Crippen LogP contribution in [-0.2, 0) is 4.79 Å². The summed E-state index contributed by atoms with van der Waals surface area (Å²) in [6.45, 7) is 3.91. The van der Waals surface area contributed by atoms with E-state index >= 15 is 0 Å². The second kappa shape index (κ2) is 7.06. The molecule has 0 saturated carbocycles. The van der Waals surface area contributed by atoms with Gasteiger partial charge in [-0.3, -0.25) is 15.3 Å². The third-order valence-electron chi connectivity index (χ3n) is 3.79. The Morgan fingerprint density at radius 3 is 2.64 bits per heavy atom. The van der Waals surface area contributed by atoms with Crippen LogP contribution in [-0.4, -0.2) is 27.4 Å². The summed E-state index contributed by atoms with van der Waals surface area (Å²) in [4.78, 5) is 28.4. The fourth-order valence-electron chi connectivity index (χ4n) is 2.57. The molecular formula is C18H19N4O2S. The summed E-state index contributed by atoms with van der Waals surface area (Å²) >= 11 is 1.49. The molecule has 129 valence electrons. The molecule has 1 aromatic carbocycles. The highest BCUT2D eigenvalue weighted by Crippen LogP contribution is 2.26. The van der Waals surface area contributed by atoms with Crippen molar-refractivity contribution in [3.63, 3.8) is 0 Å². The molecule has 0 unspecified atom stereocenters. The molecule has 0 fully saturated rings. The van der Waals surface area contributed by atoms with Crippen LogP contribution in [0.3, 0.4) is 0 Å². The summed E-state index contributed by atoms with van der Waals surface area (Å²) in [6, 6.07) is 8.34. The van der Waals surface area contributed by atoms with Crippen molar-refractivity contribution in [2.45, 2.75) is 26.3 Å². The van der Waals surface area contributed by atoms with Gasteiger partial charge in [-0.25, -0.2) is 4.98 Å². The van der Waals surface area contributed by atoms with E-state index in [-0.39, 0.29) is 11.8 Å². The van der Waals surface area contributed by atoms with E-state index in [2.05, 4.69) is 10.3 Å². The van der Waals surface area contributed by atoms with Gasteiger partial charge in [0.1, 0.15) is 6.04 Å². The van der Waals surface area contributed by atoms with Crippen LogP contribution in [0.4, 0.5) is 0 Å². The fourth-order valence-corrected chi connectivity index (χ4v) is 3.54. The van der Waals surface area contributed by atoms with Gasteiger partial charge in [0.2, 0.25) is 0 Å². The normalized spacial score (nSPS) is 12.4. The maximum Gasteiger partial charge on any atom is 0.260 e. The van der Waals surface area contributed by atoms with E-state index in [1.807, 2.05) is 42.9 Å². The Balaban J connectivity index is 1.83. The summed E-state index contributed by atoms with van der Waals surface area (Å²) < 4.78 is 2.82. The molecule has 0 aliphatic carbocycles. The van der Waals surface area contributed by atoms with E-state index in [0.717, 1.165) is 15.3 Å². The molecule has 6 nitrogen and oxygen atoms in total. The van der Waals surface area contributed by atoms with Crippen molar-refractivity contribution in [2.24, 2.45) is 5.92 Å². The lowest BCUT2D eigenvalue weighted by molar-refractivity contribution is -0.120. The minimum absolute atomic E-state index is 0.215. The Kier molecular flexibility index (Phi) is 4.85. The zero-order valence-electron chi connectivity index (χ0n) is 14.0. The minimum atomic E-state index is -0.778. The van der Waals surface area contributed by atoms with E-state index in [0.29, 0.717) is 12.0 Å². The van der Waals surface area contributed by atoms with Crippen LogP contribution in [0.5, 0.6) is 0 Å². The third-order valence-corrected chi connectivity index (χ3v) is 4.83. The van der Waals surface area contributed by atoms with Crippen LogP contribution in [0, 0.1) is 5.92 Å². The Labute approximate surface area is 149 Å². The second-order valence-electron chi connectivity index (χ2n) is 6.29. The maximum atomic E-state index is 12.5. The molecule has 2 N–H and O–H groups in total. The molecule has 3 rings (SSSR count). The smallest absolute Gasteiger partial charge is 0.260 e. The summed E-state index contributed by atoms with van der Waals surface area (Å²) in [5, 5.41) is 3.50. The van der Waals surface area contributed by atoms with Crippen molar-refractivity contribution in [2.75, 3.05) is 0 Å². The van der Waals surface area contributed by atoms with Crippen molar-refractivity contribution in [1.82, 2.24) is 20.6 Å².